The molecule has 0 aromatic carbocycles. The maximum Gasteiger partial charge on any atom is 0.341 e. The maximum absolute atomic E-state index is 12.5. The van der Waals surface area contributed by atoms with E-state index in [-0.39, 0.29) is 17.6 Å². The maximum atomic E-state index is 12.5. The van der Waals surface area contributed by atoms with Crippen molar-refractivity contribution in [1.82, 2.24) is 15.2 Å². The highest BCUT2D eigenvalue weighted by Gasteiger charge is 2.28. The summed E-state index contributed by atoms with van der Waals surface area (Å²) in [5, 5.41) is 14.5. The fourth-order valence-corrected chi connectivity index (χ4v) is 4.98. The Kier molecular flexibility index (Phi) is 6.67. The van der Waals surface area contributed by atoms with Crippen LogP contribution in [0.25, 0.3) is 0 Å². The molecule has 0 aliphatic heterocycles. The van der Waals surface area contributed by atoms with Crippen molar-refractivity contribution in [2.45, 2.75) is 31.3 Å². The first-order valence-corrected chi connectivity index (χ1v) is 11.4. The van der Waals surface area contributed by atoms with E-state index in [0.29, 0.717) is 34.0 Å². The first-order chi connectivity index (χ1) is 15.1. The van der Waals surface area contributed by atoms with Crippen LogP contribution in [-0.4, -0.2) is 45.6 Å². The molecule has 0 fully saturated rings. The molecule has 0 spiro atoms. The van der Waals surface area contributed by atoms with Crippen LogP contribution in [0.5, 0.6) is 0 Å². The predicted molar refractivity (Wildman–Crippen MR) is 118 cm³/mol. The first-order valence-electron chi connectivity index (χ1n) is 9.63. The number of ether oxygens (including phenoxy) is 1. The number of rotatable bonds is 9. The van der Waals surface area contributed by atoms with Crippen LogP contribution in [0.15, 0.2) is 33.1 Å². The second-order valence-corrected chi connectivity index (χ2v) is 8.52. The van der Waals surface area contributed by atoms with Gasteiger partial charge in [0.15, 0.2) is 0 Å². The number of aromatic amines is 1. The molecule has 0 unspecified atom stereocenters. The SMILES string of the molecule is CCOC(=O)c1c(NC(=O)CSc2n[nH]c(NN=Cc3ccco3)n2)sc2c1CCC2. The van der Waals surface area contributed by atoms with E-state index in [0.717, 1.165) is 29.7 Å². The lowest BCUT2D eigenvalue weighted by atomic mass is 10.1. The lowest BCUT2D eigenvalue weighted by Gasteiger charge is -2.07. The van der Waals surface area contributed by atoms with E-state index in [1.807, 2.05) is 0 Å². The van der Waals surface area contributed by atoms with E-state index in [4.69, 9.17) is 9.15 Å². The molecule has 162 valence electrons. The van der Waals surface area contributed by atoms with E-state index in [1.165, 1.54) is 29.3 Å². The van der Waals surface area contributed by atoms with Gasteiger partial charge in [-0.2, -0.15) is 10.1 Å². The van der Waals surface area contributed by atoms with Crippen LogP contribution < -0.4 is 10.7 Å². The number of carbonyl (C=O) groups excluding carboxylic acids is 2. The molecule has 10 nitrogen and oxygen atoms in total. The smallest absolute Gasteiger partial charge is 0.341 e. The summed E-state index contributed by atoms with van der Waals surface area (Å²) in [7, 11) is 0. The zero-order valence-electron chi connectivity index (χ0n) is 16.6. The van der Waals surface area contributed by atoms with E-state index in [2.05, 4.69) is 31.0 Å². The van der Waals surface area contributed by atoms with E-state index < -0.39 is 0 Å². The number of carbonyl (C=O) groups is 2. The molecule has 1 aliphatic rings. The highest BCUT2D eigenvalue weighted by atomic mass is 32.2. The van der Waals surface area contributed by atoms with Gasteiger partial charge in [0.05, 0.1) is 30.4 Å². The van der Waals surface area contributed by atoms with E-state index >= 15 is 0 Å². The summed E-state index contributed by atoms with van der Waals surface area (Å²) in [6.07, 6.45) is 5.83. The topological polar surface area (TPSA) is 134 Å². The van der Waals surface area contributed by atoms with E-state index in [1.54, 1.807) is 25.3 Å². The van der Waals surface area contributed by atoms with Gasteiger partial charge in [-0.1, -0.05) is 11.8 Å². The van der Waals surface area contributed by atoms with Crippen LogP contribution >= 0.6 is 23.1 Å². The third kappa shape index (κ3) is 5.14. The lowest BCUT2D eigenvalue weighted by Crippen LogP contribution is -2.16. The number of furan rings is 1. The Morgan fingerprint density at radius 1 is 1.45 bits per heavy atom. The minimum absolute atomic E-state index is 0.0950. The van der Waals surface area contributed by atoms with Gasteiger partial charge in [-0.05, 0) is 43.9 Å². The molecule has 31 heavy (non-hydrogen) atoms. The molecule has 12 heteroatoms. The molecular weight excluding hydrogens is 440 g/mol. The van der Waals surface area contributed by atoms with Crippen molar-refractivity contribution in [2.24, 2.45) is 5.10 Å². The molecule has 0 atom stereocenters. The second-order valence-electron chi connectivity index (χ2n) is 6.47. The number of fused-ring (bicyclic) bond motifs is 1. The van der Waals surface area contributed by atoms with Gasteiger partial charge in [0, 0.05) is 4.88 Å². The molecule has 0 saturated heterocycles. The van der Waals surface area contributed by atoms with Crippen LogP contribution in [0.4, 0.5) is 10.9 Å². The molecule has 0 saturated carbocycles. The summed E-state index contributed by atoms with van der Waals surface area (Å²) in [6.45, 7) is 2.06. The third-order valence-electron chi connectivity index (χ3n) is 4.36. The number of nitrogens with zero attached hydrogens (tertiary/aromatic N) is 3. The number of thiophene rings is 1. The van der Waals surface area contributed by atoms with Crippen molar-refractivity contribution < 1.29 is 18.7 Å². The van der Waals surface area contributed by atoms with Crippen molar-refractivity contribution in [3.05, 3.63) is 40.2 Å². The summed E-state index contributed by atoms with van der Waals surface area (Å²) in [5.41, 5.74) is 4.20. The minimum atomic E-state index is -0.385. The molecular formula is C19H20N6O4S2. The predicted octanol–water partition coefficient (Wildman–Crippen LogP) is 3.30. The number of hydrogen-bond acceptors (Lipinski definition) is 10. The molecule has 3 heterocycles. The molecule has 3 aromatic heterocycles. The molecule has 4 rings (SSSR count). The zero-order chi connectivity index (χ0) is 21.6. The number of hydrazone groups is 1. The number of aromatic nitrogens is 3. The lowest BCUT2D eigenvalue weighted by molar-refractivity contribution is -0.113. The molecule has 3 N–H and O–H groups in total. The Labute approximate surface area is 185 Å². The van der Waals surface area contributed by atoms with Crippen molar-refractivity contribution in [3.8, 4) is 0 Å². The fraction of sp³-hybridized carbons (Fsp3) is 0.316. The number of nitrogens with one attached hydrogen (secondary N) is 3. The summed E-state index contributed by atoms with van der Waals surface area (Å²) >= 11 is 2.62. The molecule has 0 bridgehead atoms. The zero-order valence-corrected chi connectivity index (χ0v) is 18.3. The number of anilines is 2. The number of aryl methyl sites for hydroxylation is 1. The van der Waals surface area contributed by atoms with Crippen molar-refractivity contribution in [1.29, 1.82) is 0 Å². The van der Waals surface area contributed by atoms with Gasteiger partial charge in [-0.3, -0.25) is 4.79 Å². The van der Waals surface area contributed by atoms with E-state index in [9.17, 15) is 9.59 Å². The largest absolute Gasteiger partial charge is 0.463 e. The van der Waals surface area contributed by atoms with Crippen LogP contribution in [0.3, 0.4) is 0 Å². The average molecular weight is 461 g/mol. The number of thioether (sulfide) groups is 1. The average Bonchev–Trinajstić information content (AvgIpc) is 3.52. The summed E-state index contributed by atoms with van der Waals surface area (Å²) in [6, 6.07) is 3.52. The monoisotopic (exact) mass is 460 g/mol. The Balaban J connectivity index is 1.32. The standard InChI is InChI=1S/C19H20N6O4S2/c1-2-28-17(27)15-12-6-3-7-13(12)31-16(15)21-14(26)10-30-19-22-18(24-25-19)23-20-9-11-5-4-8-29-11/h4-5,8-9H,2-3,6-7,10H2,1H3,(H,21,26)(H2,22,23,24,25). The Hall–Kier alpha value is -3.12. The van der Waals surface area contributed by atoms with Crippen molar-refractivity contribution in [2.75, 3.05) is 23.1 Å². The van der Waals surface area contributed by atoms with Crippen molar-refractivity contribution >= 4 is 52.1 Å². The second kappa shape index (κ2) is 9.79. The van der Waals surface area contributed by atoms with Gasteiger partial charge >= 0.3 is 5.97 Å². The quantitative estimate of drug-likeness (QED) is 0.192. The Morgan fingerprint density at radius 2 is 2.35 bits per heavy atom. The first kappa shape index (κ1) is 21.1. The summed E-state index contributed by atoms with van der Waals surface area (Å²) in [4.78, 5) is 30.2. The number of H-pyrrole nitrogens is 1. The molecule has 3 aromatic rings. The molecule has 1 amide bonds. The fourth-order valence-electron chi connectivity index (χ4n) is 3.09. The van der Waals surface area contributed by atoms with Crippen LogP contribution in [0, 0.1) is 0 Å². The molecule has 1 aliphatic carbocycles. The van der Waals surface area contributed by atoms with Crippen LogP contribution in [-0.2, 0) is 22.4 Å². The highest BCUT2D eigenvalue weighted by molar-refractivity contribution is 7.99. The highest BCUT2D eigenvalue weighted by Crippen LogP contribution is 2.39. The number of amides is 1. The Morgan fingerprint density at radius 3 is 3.16 bits per heavy atom. The minimum Gasteiger partial charge on any atom is -0.463 e. The van der Waals surface area contributed by atoms with Gasteiger partial charge in [-0.15, -0.1) is 16.4 Å². The Bertz CT molecular complexity index is 1090. The summed E-state index contributed by atoms with van der Waals surface area (Å²) in [5.74, 6) is 0.401. The number of esters is 1. The van der Waals surface area contributed by atoms with Gasteiger partial charge in [0.2, 0.25) is 17.0 Å². The van der Waals surface area contributed by atoms with Gasteiger partial charge in [0.1, 0.15) is 10.8 Å². The summed E-state index contributed by atoms with van der Waals surface area (Å²) < 4.78 is 10.3. The normalized spacial score (nSPS) is 12.8. The third-order valence-corrected chi connectivity index (χ3v) is 6.41. The van der Waals surface area contributed by atoms with Crippen molar-refractivity contribution in [3.63, 3.8) is 0 Å². The van der Waals surface area contributed by atoms with Gasteiger partial charge in [-0.25, -0.2) is 15.3 Å². The van der Waals surface area contributed by atoms with Gasteiger partial charge < -0.3 is 14.5 Å². The molecule has 0 radical (unpaired) electrons. The van der Waals surface area contributed by atoms with Crippen LogP contribution in [0.2, 0.25) is 0 Å². The number of hydrogen-bond donors (Lipinski definition) is 3. The van der Waals surface area contributed by atoms with Crippen LogP contribution in [0.1, 0.15) is 39.9 Å². The van der Waals surface area contributed by atoms with Gasteiger partial charge in [0.25, 0.3) is 0 Å².